The molecule has 2 N–H and O–H groups in total. The first-order valence-electron chi connectivity index (χ1n) is 9.42. The van der Waals surface area contributed by atoms with Crippen LogP contribution in [0.4, 0.5) is 0 Å². The zero-order valence-corrected chi connectivity index (χ0v) is 15.4. The Morgan fingerprint density at radius 2 is 2.00 bits per heavy atom. The number of aromatic amines is 1. The molecular weight excluding hydrogens is 316 g/mol. The van der Waals surface area contributed by atoms with Crippen LogP contribution in [0.5, 0.6) is 0 Å². The van der Waals surface area contributed by atoms with Crippen molar-refractivity contribution in [2.75, 3.05) is 13.1 Å². The molecule has 0 radical (unpaired) electrons. The fourth-order valence-electron chi connectivity index (χ4n) is 3.52. The maximum absolute atomic E-state index is 9.22. The van der Waals surface area contributed by atoms with Crippen molar-refractivity contribution in [3.05, 3.63) is 29.4 Å². The number of H-pyrrole nitrogens is 1. The maximum Gasteiger partial charge on any atom is 0.158 e. The van der Waals surface area contributed by atoms with Crippen LogP contribution in [-0.2, 0) is 33.0 Å². The quantitative estimate of drug-likeness (QED) is 0.762. The fraction of sp³-hybridized carbons (Fsp3) is 0.722. The van der Waals surface area contributed by atoms with Crippen molar-refractivity contribution < 1.29 is 5.11 Å². The van der Waals surface area contributed by atoms with E-state index in [1.807, 2.05) is 17.8 Å². The van der Waals surface area contributed by atoms with Gasteiger partial charge in [-0.1, -0.05) is 13.3 Å². The van der Waals surface area contributed by atoms with E-state index < -0.39 is 0 Å². The highest BCUT2D eigenvalue weighted by atomic mass is 16.3. The number of piperidine rings is 1. The Hall–Kier alpha value is -1.73. The minimum atomic E-state index is -0.0492. The molecule has 3 rings (SSSR count). The Labute approximate surface area is 149 Å². The molecule has 0 spiro atoms. The van der Waals surface area contributed by atoms with Crippen molar-refractivity contribution in [2.45, 2.75) is 58.6 Å². The van der Waals surface area contributed by atoms with Gasteiger partial charge in [0.25, 0.3) is 0 Å². The molecule has 2 aromatic rings. The van der Waals surface area contributed by atoms with Crippen LogP contribution in [-0.4, -0.2) is 47.8 Å². The molecule has 138 valence electrons. The normalized spacial score (nSPS) is 16.6. The van der Waals surface area contributed by atoms with Crippen molar-refractivity contribution in [3.63, 3.8) is 0 Å². The van der Waals surface area contributed by atoms with Crippen molar-refractivity contribution >= 4 is 0 Å². The van der Waals surface area contributed by atoms with Gasteiger partial charge in [-0.25, -0.2) is 4.98 Å². The Kier molecular flexibility index (Phi) is 6.20. The van der Waals surface area contributed by atoms with Crippen LogP contribution in [0.1, 0.15) is 55.8 Å². The summed E-state index contributed by atoms with van der Waals surface area (Å²) in [5.41, 5.74) is 1.23. The number of nitrogens with one attached hydrogen (secondary N) is 1. The number of unbranched alkanes of at least 4 members (excludes halogenated alkanes) is 1. The number of rotatable bonds is 8. The molecule has 0 amide bonds. The lowest BCUT2D eigenvalue weighted by Gasteiger charge is -2.31. The van der Waals surface area contributed by atoms with Crippen LogP contribution in [0.15, 0.2) is 6.20 Å². The first kappa shape index (κ1) is 18.1. The summed E-state index contributed by atoms with van der Waals surface area (Å²) < 4.78 is 1.93. The fourth-order valence-corrected chi connectivity index (χ4v) is 3.52. The molecule has 0 bridgehead atoms. The largest absolute Gasteiger partial charge is 0.388 e. The molecule has 1 aliphatic heterocycles. The van der Waals surface area contributed by atoms with E-state index in [9.17, 15) is 5.11 Å². The van der Waals surface area contributed by atoms with E-state index in [0.717, 1.165) is 44.1 Å². The highest BCUT2D eigenvalue weighted by Crippen LogP contribution is 2.22. The Morgan fingerprint density at radius 1 is 1.24 bits per heavy atom. The third-order valence-corrected chi connectivity index (χ3v) is 5.22. The van der Waals surface area contributed by atoms with Crippen molar-refractivity contribution in [2.24, 2.45) is 13.0 Å². The second-order valence-corrected chi connectivity index (χ2v) is 7.13. The smallest absolute Gasteiger partial charge is 0.158 e. The van der Waals surface area contributed by atoms with Crippen LogP contribution in [0, 0.1) is 5.92 Å². The molecule has 7 heteroatoms. The third-order valence-electron chi connectivity index (χ3n) is 5.22. The van der Waals surface area contributed by atoms with E-state index in [0.29, 0.717) is 11.7 Å². The number of hydrogen-bond donors (Lipinski definition) is 2. The summed E-state index contributed by atoms with van der Waals surface area (Å²) in [5, 5.41) is 17.5. The van der Waals surface area contributed by atoms with Crippen LogP contribution in [0.25, 0.3) is 0 Å². The second kappa shape index (κ2) is 8.58. The molecule has 1 fully saturated rings. The molecule has 25 heavy (non-hydrogen) atoms. The van der Waals surface area contributed by atoms with E-state index in [1.165, 1.54) is 31.4 Å². The number of likely N-dealkylation sites (tertiary alicyclic amines) is 1. The minimum Gasteiger partial charge on any atom is -0.388 e. The first-order chi connectivity index (χ1) is 12.2. The lowest BCUT2D eigenvalue weighted by Crippen LogP contribution is -2.34. The van der Waals surface area contributed by atoms with Crippen LogP contribution in [0.2, 0.25) is 0 Å². The monoisotopic (exact) mass is 346 g/mol. The first-order valence-corrected chi connectivity index (χ1v) is 9.42. The van der Waals surface area contributed by atoms with E-state index >= 15 is 0 Å². The summed E-state index contributed by atoms with van der Waals surface area (Å²) in [6, 6.07) is 0. The summed E-state index contributed by atoms with van der Waals surface area (Å²) in [6.45, 7) is 5.34. The van der Waals surface area contributed by atoms with E-state index in [2.05, 4.69) is 32.0 Å². The third kappa shape index (κ3) is 4.67. The number of hydrogen-bond acceptors (Lipinski definition) is 5. The summed E-state index contributed by atoms with van der Waals surface area (Å²) >= 11 is 0. The van der Waals surface area contributed by atoms with Gasteiger partial charge in [-0.05, 0) is 38.3 Å². The van der Waals surface area contributed by atoms with Crippen molar-refractivity contribution in [1.82, 2.24) is 29.6 Å². The second-order valence-electron chi connectivity index (χ2n) is 7.13. The molecule has 2 aromatic heterocycles. The van der Waals surface area contributed by atoms with Crippen LogP contribution >= 0.6 is 0 Å². The van der Waals surface area contributed by atoms with E-state index in [4.69, 9.17) is 0 Å². The van der Waals surface area contributed by atoms with Gasteiger partial charge in [-0.15, -0.1) is 10.2 Å². The highest BCUT2D eigenvalue weighted by Gasteiger charge is 2.22. The van der Waals surface area contributed by atoms with Gasteiger partial charge in [-0.3, -0.25) is 4.90 Å². The SMILES string of the molecule is CCCCc1ncc(CN2CCC(Cc3nnc(CO)n3C)CC2)[nH]1. The standard InChI is InChI=1S/C18H30N6O/c1-3-4-5-16-19-11-15(20-16)12-24-8-6-14(7-9-24)10-17-21-22-18(13-25)23(17)2/h11,14,25H,3-10,12-13H2,1-2H3,(H,19,20). The summed E-state index contributed by atoms with van der Waals surface area (Å²) in [5.74, 6) is 3.39. The van der Waals surface area contributed by atoms with Gasteiger partial charge in [0.1, 0.15) is 18.3 Å². The zero-order valence-electron chi connectivity index (χ0n) is 15.4. The highest BCUT2D eigenvalue weighted by molar-refractivity contribution is 5.02. The number of imidazole rings is 1. The Balaban J connectivity index is 1.45. The lowest BCUT2D eigenvalue weighted by molar-refractivity contribution is 0.174. The lowest BCUT2D eigenvalue weighted by atomic mass is 9.93. The van der Waals surface area contributed by atoms with Gasteiger partial charge >= 0.3 is 0 Å². The van der Waals surface area contributed by atoms with E-state index in [1.54, 1.807) is 0 Å². The van der Waals surface area contributed by atoms with Gasteiger partial charge < -0.3 is 14.7 Å². The molecule has 1 saturated heterocycles. The molecule has 3 heterocycles. The molecular formula is C18H30N6O. The molecule has 0 aromatic carbocycles. The summed E-state index contributed by atoms with van der Waals surface area (Å²) in [4.78, 5) is 10.5. The van der Waals surface area contributed by atoms with E-state index in [-0.39, 0.29) is 6.61 Å². The van der Waals surface area contributed by atoms with Crippen LogP contribution < -0.4 is 0 Å². The molecule has 0 atom stereocenters. The summed E-state index contributed by atoms with van der Waals surface area (Å²) in [7, 11) is 1.93. The summed E-state index contributed by atoms with van der Waals surface area (Å²) in [6.07, 6.45) is 8.74. The van der Waals surface area contributed by atoms with Gasteiger partial charge in [0.15, 0.2) is 5.82 Å². The maximum atomic E-state index is 9.22. The predicted octanol–water partition coefficient (Wildman–Crippen LogP) is 1.83. The van der Waals surface area contributed by atoms with Crippen molar-refractivity contribution in [3.8, 4) is 0 Å². The molecule has 0 saturated carbocycles. The average Bonchev–Trinajstić information content (AvgIpc) is 3.22. The van der Waals surface area contributed by atoms with Crippen molar-refractivity contribution in [1.29, 1.82) is 0 Å². The van der Waals surface area contributed by atoms with Gasteiger partial charge in [-0.2, -0.15) is 0 Å². The Bertz CT molecular complexity index is 656. The van der Waals surface area contributed by atoms with Crippen LogP contribution in [0.3, 0.4) is 0 Å². The van der Waals surface area contributed by atoms with Gasteiger partial charge in [0.2, 0.25) is 0 Å². The van der Waals surface area contributed by atoms with Gasteiger partial charge in [0, 0.05) is 38.3 Å². The molecule has 0 unspecified atom stereocenters. The molecule has 1 aliphatic rings. The number of nitrogens with zero attached hydrogens (tertiary/aromatic N) is 5. The molecule has 7 nitrogen and oxygen atoms in total. The number of aromatic nitrogens is 5. The average molecular weight is 346 g/mol. The number of aliphatic hydroxyl groups excluding tert-OH is 1. The predicted molar refractivity (Wildman–Crippen MR) is 95.8 cm³/mol. The Morgan fingerprint density at radius 3 is 2.68 bits per heavy atom. The number of aryl methyl sites for hydroxylation is 1. The minimum absolute atomic E-state index is 0.0492. The number of aliphatic hydroxyl groups is 1. The zero-order chi connectivity index (χ0) is 17.6. The topological polar surface area (TPSA) is 82.9 Å². The molecule has 0 aliphatic carbocycles. The van der Waals surface area contributed by atoms with Gasteiger partial charge in [0.05, 0.1) is 0 Å².